The Bertz CT molecular complexity index is 1160. The highest BCUT2D eigenvalue weighted by atomic mass is 79.9. The molecule has 36 heavy (non-hydrogen) atoms. The fourth-order valence-electron chi connectivity index (χ4n) is 4.10. The quantitative estimate of drug-likeness (QED) is 0.251. The van der Waals surface area contributed by atoms with Crippen molar-refractivity contribution in [2.75, 3.05) is 13.1 Å². The fourth-order valence-corrected chi connectivity index (χ4v) is 4.56. The van der Waals surface area contributed by atoms with Gasteiger partial charge in [0.2, 0.25) is 5.91 Å². The van der Waals surface area contributed by atoms with Gasteiger partial charge in [0.25, 0.3) is 5.91 Å². The molecule has 0 N–H and O–H groups in total. The van der Waals surface area contributed by atoms with E-state index in [0.717, 1.165) is 27.2 Å². The van der Waals surface area contributed by atoms with Crippen molar-refractivity contribution in [3.8, 4) is 0 Å². The molecule has 0 aliphatic carbocycles. The molecule has 1 aromatic heterocycles. The molecule has 1 atom stereocenters. The number of carbonyl (C=O) groups is 2. The number of hydrogen-bond acceptors (Lipinski definition) is 2. The van der Waals surface area contributed by atoms with Crippen molar-refractivity contribution in [3.63, 3.8) is 0 Å². The van der Waals surface area contributed by atoms with Crippen LogP contribution in [-0.4, -0.2) is 45.3 Å². The summed E-state index contributed by atoms with van der Waals surface area (Å²) in [6.07, 6.45) is 2.78. The number of rotatable bonds is 11. The fraction of sp³-hybridized carbons (Fsp3) is 0.379. The number of aromatic nitrogens is 1. The van der Waals surface area contributed by atoms with Crippen LogP contribution in [0.4, 0.5) is 0 Å². The lowest BCUT2D eigenvalue weighted by Gasteiger charge is -2.32. The highest BCUT2D eigenvalue weighted by Gasteiger charge is 2.26. The smallest absolute Gasteiger partial charge is 0.254 e. The minimum absolute atomic E-state index is 0.0435. The zero-order valence-corrected chi connectivity index (χ0v) is 23.8. The molecule has 2 aromatic carbocycles. The van der Waals surface area contributed by atoms with Gasteiger partial charge < -0.3 is 14.4 Å². The van der Waals surface area contributed by atoms with E-state index in [0.29, 0.717) is 31.1 Å². The average Bonchev–Trinajstić information content (AvgIpc) is 3.29. The standard InChI is InChI=1S/C29H35BrClN3O2/c1-5-22(4)34(29(36)23-12-14-25(30)15-13-23)20-28(35)33(17-21(2)3)19-26-10-8-16-32(26)18-24-9-6-7-11-27(24)31/h6-16,21-22H,5,17-20H2,1-4H3/t22-/m1/s1. The van der Waals surface area contributed by atoms with Gasteiger partial charge in [-0.15, -0.1) is 0 Å². The zero-order valence-electron chi connectivity index (χ0n) is 21.5. The molecule has 3 aromatic rings. The first-order valence-electron chi connectivity index (χ1n) is 12.4. The molecular weight excluding hydrogens is 538 g/mol. The Morgan fingerprint density at radius 3 is 2.33 bits per heavy atom. The van der Waals surface area contributed by atoms with Crippen LogP contribution in [0.5, 0.6) is 0 Å². The van der Waals surface area contributed by atoms with Crippen LogP contribution in [-0.2, 0) is 17.9 Å². The van der Waals surface area contributed by atoms with Crippen LogP contribution in [0.15, 0.2) is 71.3 Å². The van der Waals surface area contributed by atoms with Crippen LogP contribution in [0.1, 0.15) is 55.7 Å². The van der Waals surface area contributed by atoms with E-state index >= 15 is 0 Å². The first kappa shape index (κ1) is 28.0. The van der Waals surface area contributed by atoms with Crippen LogP contribution >= 0.6 is 27.5 Å². The van der Waals surface area contributed by atoms with Gasteiger partial charge >= 0.3 is 0 Å². The van der Waals surface area contributed by atoms with Crippen LogP contribution < -0.4 is 0 Å². The average molecular weight is 573 g/mol. The van der Waals surface area contributed by atoms with E-state index in [1.54, 1.807) is 17.0 Å². The van der Waals surface area contributed by atoms with E-state index in [1.165, 1.54) is 0 Å². The molecule has 0 saturated heterocycles. The SMILES string of the molecule is CC[C@@H](C)N(CC(=O)N(Cc1cccn1Cc1ccccc1Cl)CC(C)C)C(=O)c1ccc(Br)cc1. The zero-order chi connectivity index (χ0) is 26.2. The van der Waals surface area contributed by atoms with E-state index in [-0.39, 0.29) is 24.4 Å². The molecule has 2 amide bonds. The first-order valence-corrected chi connectivity index (χ1v) is 13.6. The van der Waals surface area contributed by atoms with E-state index in [4.69, 9.17) is 11.6 Å². The van der Waals surface area contributed by atoms with E-state index in [9.17, 15) is 9.59 Å². The van der Waals surface area contributed by atoms with Gasteiger partial charge in [-0.1, -0.05) is 66.5 Å². The second-order valence-electron chi connectivity index (χ2n) is 9.58. The van der Waals surface area contributed by atoms with E-state index in [2.05, 4.69) is 34.3 Å². The van der Waals surface area contributed by atoms with Crippen LogP contribution in [0.2, 0.25) is 5.02 Å². The van der Waals surface area contributed by atoms with Gasteiger partial charge in [-0.05, 0) is 67.3 Å². The number of amides is 2. The second kappa shape index (κ2) is 13.1. The molecule has 0 radical (unpaired) electrons. The van der Waals surface area contributed by atoms with Crippen molar-refractivity contribution in [2.45, 2.75) is 53.2 Å². The van der Waals surface area contributed by atoms with Crippen LogP contribution in [0.3, 0.4) is 0 Å². The summed E-state index contributed by atoms with van der Waals surface area (Å²) in [7, 11) is 0. The normalized spacial score (nSPS) is 12.0. The Hall–Kier alpha value is -2.57. The Balaban J connectivity index is 1.80. The molecule has 3 rings (SSSR count). The Morgan fingerprint density at radius 1 is 1.00 bits per heavy atom. The summed E-state index contributed by atoms with van der Waals surface area (Å²) >= 11 is 9.81. The predicted molar refractivity (Wildman–Crippen MR) is 150 cm³/mol. The molecule has 0 aliphatic rings. The molecule has 1 heterocycles. The van der Waals surface area contributed by atoms with E-state index in [1.807, 2.05) is 73.5 Å². The Labute approximate surface area is 228 Å². The minimum Gasteiger partial charge on any atom is -0.345 e. The predicted octanol–water partition coefficient (Wildman–Crippen LogP) is 6.88. The first-order chi connectivity index (χ1) is 17.2. The van der Waals surface area contributed by atoms with Gasteiger partial charge in [0, 0.05) is 46.1 Å². The lowest BCUT2D eigenvalue weighted by atomic mass is 10.1. The maximum Gasteiger partial charge on any atom is 0.254 e. The van der Waals surface area contributed by atoms with Crippen molar-refractivity contribution >= 4 is 39.3 Å². The molecule has 7 heteroatoms. The summed E-state index contributed by atoms with van der Waals surface area (Å²) < 4.78 is 3.04. The topological polar surface area (TPSA) is 45.6 Å². The van der Waals surface area contributed by atoms with Crippen molar-refractivity contribution < 1.29 is 9.59 Å². The van der Waals surface area contributed by atoms with Gasteiger partial charge in [-0.25, -0.2) is 0 Å². The molecule has 0 spiro atoms. The summed E-state index contributed by atoms with van der Waals surface area (Å²) in [5, 5.41) is 0.725. The highest BCUT2D eigenvalue weighted by Crippen LogP contribution is 2.20. The number of halogens is 2. The molecule has 0 unspecified atom stereocenters. The number of nitrogens with zero attached hydrogens (tertiary/aromatic N) is 3. The Kier molecular flexibility index (Phi) is 10.2. The number of benzene rings is 2. The van der Waals surface area contributed by atoms with Crippen molar-refractivity contribution in [1.82, 2.24) is 14.4 Å². The largest absolute Gasteiger partial charge is 0.345 e. The molecule has 192 valence electrons. The molecule has 0 aliphatic heterocycles. The van der Waals surface area contributed by atoms with Crippen molar-refractivity contribution in [3.05, 3.63) is 93.2 Å². The highest BCUT2D eigenvalue weighted by molar-refractivity contribution is 9.10. The summed E-state index contributed by atoms with van der Waals surface area (Å²) in [6.45, 7) is 9.97. The monoisotopic (exact) mass is 571 g/mol. The molecule has 5 nitrogen and oxygen atoms in total. The maximum atomic E-state index is 13.6. The third-order valence-corrected chi connectivity index (χ3v) is 7.19. The number of carbonyl (C=O) groups excluding carboxylic acids is 2. The van der Waals surface area contributed by atoms with Crippen LogP contribution in [0, 0.1) is 5.92 Å². The molecular formula is C29H35BrClN3O2. The third-order valence-electron chi connectivity index (χ3n) is 6.29. The lowest BCUT2D eigenvalue weighted by molar-refractivity contribution is -0.133. The third kappa shape index (κ3) is 7.47. The van der Waals surface area contributed by atoms with Crippen molar-refractivity contribution in [1.29, 1.82) is 0 Å². The lowest BCUT2D eigenvalue weighted by Crippen LogP contribution is -2.47. The summed E-state index contributed by atoms with van der Waals surface area (Å²) in [6, 6.07) is 19.1. The summed E-state index contributed by atoms with van der Waals surface area (Å²) in [5.74, 6) is 0.108. The van der Waals surface area contributed by atoms with Crippen LogP contribution in [0.25, 0.3) is 0 Å². The minimum atomic E-state index is -0.128. The molecule has 0 saturated carbocycles. The van der Waals surface area contributed by atoms with Gasteiger partial charge in [-0.2, -0.15) is 0 Å². The Morgan fingerprint density at radius 2 is 1.69 bits per heavy atom. The molecule has 0 fully saturated rings. The molecule has 0 bridgehead atoms. The summed E-state index contributed by atoms with van der Waals surface area (Å²) in [5.41, 5.74) is 2.63. The second-order valence-corrected chi connectivity index (χ2v) is 10.9. The van der Waals surface area contributed by atoms with Gasteiger partial charge in [0.1, 0.15) is 6.54 Å². The van der Waals surface area contributed by atoms with Gasteiger partial charge in [-0.3, -0.25) is 9.59 Å². The maximum absolute atomic E-state index is 13.6. The van der Waals surface area contributed by atoms with Crippen molar-refractivity contribution in [2.24, 2.45) is 5.92 Å². The van der Waals surface area contributed by atoms with E-state index < -0.39 is 0 Å². The van der Waals surface area contributed by atoms with Gasteiger partial charge in [0.05, 0.1) is 6.54 Å². The van der Waals surface area contributed by atoms with Gasteiger partial charge in [0.15, 0.2) is 0 Å². The summed E-state index contributed by atoms with van der Waals surface area (Å²) in [4.78, 5) is 30.6. The number of hydrogen-bond donors (Lipinski definition) is 0.